The Labute approximate surface area is 77.4 Å². The molecule has 4 heteroatoms. The SMILES string of the molecule is O=C/C=N/C(=O)NC1CCCCC1. The lowest BCUT2D eigenvalue weighted by molar-refractivity contribution is -0.102. The largest absolute Gasteiger partial charge is 0.341 e. The number of amides is 2. The van der Waals surface area contributed by atoms with Crippen molar-refractivity contribution in [1.82, 2.24) is 5.32 Å². The number of aldehydes is 1. The fraction of sp³-hybridized carbons (Fsp3) is 0.667. The molecule has 0 atom stereocenters. The molecule has 0 heterocycles. The average Bonchev–Trinajstić information content (AvgIpc) is 2.16. The number of carbonyl (C=O) groups is 2. The molecule has 0 radical (unpaired) electrons. The number of rotatable bonds is 2. The number of nitrogens with one attached hydrogen (secondary N) is 1. The molecule has 2 amide bonds. The molecule has 13 heavy (non-hydrogen) atoms. The van der Waals surface area contributed by atoms with Crippen LogP contribution in [0.4, 0.5) is 4.79 Å². The van der Waals surface area contributed by atoms with Crippen LogP contribution in [0.15, 0.2) is 4.99 Å². The van der Waals surface area contributed by atoms with Crippen LogP contribution in [0.5, 0.6) is 0 Å². The number of urea groups is 1. The molecule has 1 fully saturated rings. The first-order chi connectivity index (χ1) is 6.33. The van der Waals surface area contributed by atoms with Crippen molar-refractivity contribution in [3.8, 4) is 0 Å². The highest BCUT2D eigenvalue weighted by atomic mass is 16.2. The zero-order valence-electron chi connectivity index (χ0n) is 7.53. The molecule has 1 N–H and O–H groups in total. The minimum absolute atomic E-state index is 0.255. The van der Waals surface area contributed by atoms with E-state index in [1.165, 1.54) is 19.3 Å². The quantitative estimate of drug-likeness (QED) is 0.517. The summed E-state index contributed by atoms with van der Waals surface area (Å²) in [5, 5.41) is 2.76. The molecule has 72 valence electrons. The number of hydrogen-bond acceptors (Lipinski definition) is 2. The Morgan fingerprint density at radius 2 is 2.00 bits per heavy atom. The van der Waals surface area contributed by atoms with E-state index in [2.05, 4.69) is 10.3 Å². The van der Waals surface area contributed by atoms with Gasteiger partial charge in [0.25, 0.3) is 0 Å². The van der Waals surface area contributed by atoms with Gasteiger partial charge in [-0.1, -0.05) is 19.3 Å². The molecule has 1 rings (SSSR count). The molecule has 4 nitrogen and oxygen atoms in total. The second kappa shape index (κ2) is 5.45. The van der Waals surface area contributed by atoms with Gasteiger partial charge in [0.2, 0.25) is 0 Å². The lowest BCUT2D eigenvalue weighted by Crippen LogP contribution is -2.34. The number of hydrogen-bond donors (Lipinski definition) is 1. The van der Waals surface area contributed by atoms with Crippen LogP contribution in [0.25, 0.3) is 0 Å². The van der Waals surface area contributed by atoms with E-state index in [9.17, 15) is 9.59 Å². The molecule has 0 aromatic rings. The summed E-state index contributed by atoms with van der Waals surface area (Å²) in [5.41, 5.74) is 0. The van der Waals surface area contributed by atoms with Crippen LogP contribution in [0.2, 0.25) is 0 Å². The Morgan fingerprint density at radius 3 is 2.62 bits per heavy atom. The molecule has 0 aromatic heterocycles. The maximum absolute atomic E-state index is 11.0. The molecule has 0 aromatic carbocycles. The van der Waals surface area contributed by atoms with Crippen molar-refractivity contribution in [1.29, 1.82) is 0 Å². The van der Waals surface area contributed by atoms with E-state index in [-0.39, 0.29) is 6.04 Å². The molecule has 1 saturated carbocycles. The van der Waals surface area contributed by atoms with E-state index in [4.69, 9.17) is 0 Å². The summed E-state index contributed by atoms with van der Waals surface area (Å²) < 4.78 is 0. The summed E-state index contributed by atoms with van der Waals surface area (Å²) in [7, 11) is 0. The first kappa shape index (κ1) is 9.89. The zero-order chi connectivity index (χ0) is 9.52. The fourth-order valence-electron chi connectivity index (χ4n) is 1.56. The maximum Gasteiger partial charge on any atom is 0.341 e. The molecule has 1 aliphatic carbocycles. The lowest BCUT2D eigenvalue weighted by Gasteiger charge is -2.21. The van der Waals surface area contributed by atoms with Gasteiger partial charge < -0.3 is 5.32 Å². The molecular formula is C9H14N2O2. The van der Waals surface area contributed by atoms with E-state index in [1.807, 2.05) is 0 Å². The van der Waals surface area contributed by atoms with Crippen molar-refractivity contribution in [2.75, 3.05) is 0 Å². The predicted octanol–water partition coefficient (Wildman–Crippen LogP) is 1.30. The van der Waals surface area contributed by atoms with Crippen LogP contribution in [0.3, 0.4) is 0 Å². The van der Waals surface area contributed by atoms with Gasteiger partial charge in [-0.25, -0.2) is 4.79 Å². The van der Waals surface area contributed by atoms with Crippen molar-refractivity contribution >= 4 is 18.5 Å². The van der Waals surface area contributed by atoms with Gasteiger partial charge in [0.1, 0.15) is 0 Å². The van der Waals surface area contributed by atoms with Gasteiger partial charge in [0.15, 0.2) is 6.29 Å². The predicted molar refractivity (Wildman–Crippen MR) is 50.0 cm³/mol. The molecule has 0 spiro atoms. The highest BCUT2D eigenvalue weighted by molar-refractivity contribution is 6.15. The smallest absolute Gasteiger partial charge is 0.334 e. The second-order valence-corrected chi connectivity index (χ2v) is 3.20. The summed E-state index contributed by atoms with van der Waals surface area (Å²) in [6.07, 6.45) is 7.12. The third kappa shape index (κ3) is 3.83. The first-order valence-corrected chi connectivity index (χ1v) is 4.61. The van der Waals surface area contributed by atoms with E-state index in [0.29, 0.717) is 6.29 Å². The van der Waals surface area contributed by atoms with Crippen LogP contribution in [0.1, 0.15) is 32.1 Å². The van der Waals surface area contributed by atoms with E-state index < -0.39 is 6.03 Å². The molecule has 0 aliphatic heterocycles. The van der Waals surface area contributed by atoms with Gasteiger partial charge in [-0.2, -0.15) is 4.99 Å². The van der Waals surface area contributed by atoms with Crippen molar-refractivity contribution in [2.45, 2.75) is 38.1 Å². The van der Waals surface area contributed by atoms with E-state index in [1.54, 1.807) is 0 Å². The zero-order valence-corrected chi connectivity index (χ0v) is 7.53. The van der Waals surface area contributed by atoms with Crippen LogP contribution in [-0.4, -0.2) is 24.6 Å². The summed E-state index contributed by atoms with van der Waals surface area (Å²) in [5.74, 6) is 0. The number of aliphatic imine (C=N–C) groups is 1. The van der Waals surface area contributed by atoms with Crippen molar-refractivity contribution in [3.05, 3.63) is 0 Å². The number of nitrogens with zero attached hydrogens (tertiary/aromatic N) is 1. The minimum atomic E-state index is -0.404. The average molecular weight is 182 g/mol. The van der Waals surface area contributed by atoms with Crippen LogP contribution >= 0.6 is 0 Å². The van der Waals surface area contributed by atoms with Crippen LogP contribution < -0.4 is 5.32 Å². The van der Waals surface area contributed by atoms with Crippen molar-refractivity contribution in [3.63, 3.8) is 0 Å². The first-order valence-electron chi connectivity index (χ1n) is 4.61. The van der Waals surface area contributed by atoms with Gasteiger partial charge in [-0.15, -0.1) is 0 Å². The summed E-state index contributed by atoms with van der Waals surface area (Å²) in [6, 6.07) is -0.149. The molecule has 0 saturated heterocycles. The summed E-state index contributed by atoms with van der Waals surface area (Å²) in [6.45, 7) is 0. The molecular weight excluding hydrogens is 168 g/mol. The highest BCUT2D eigenvalue weighted by Gasteiger charge is 2.14. The Morgan fingerprint density at radius 1 is 1.31 bits per heavy atom. The van der Waals surface area contributed by atoms with E-state index >= 15 is 0 Å². The van der Waals surface area contributed by atoms with E-state index in [0.717, 1.165) is 19.1 Å². The highest BCUT2D eigenvalue weighted by Crippen LogP contribution is 2.17. The van der Waals surface area contributed by atoms with Gasteiger partial charge in [0, 0.05) is 6.04 Å². The number of carbonyl (C=O) groups excluding carboxylic acids is 2. The fourth-order valence-corrected chi connectivity index (χ4v) is 1.56. The second-order valence-electron chi connectivity index (χ2n) is 3.20. The Balaban J connectivity index is 2.25. The lowest BCUT2D eigenvalue weighted by atomic mass is 9.96. The Kier molecular flexibility index (Phi) is 4.15. The van der Waals surface area contributed by atoms with Gasteiger partial charge in [0.05, 0.1) is 6.21 Å². The maximum atomic E-state index is 11.0. The third-order valence-corrected chi connectivity index (χ3v) is 2.19. The van der Waals surface area contributed by atoms with Gasteiger partial charge in [-0.3, -0.25) is 4.79 Å². The summed E-state index contributed by atoms with van der Waals surface area (Å²) in [4.78, 5) is 24.3. The Hall–Kier alpha value is -1.19. The van der Waals surface area contributed by atoms with Crippen LogP contribution in [0, 0.1) is 0 Å². The van der Waals surface area contributed by atoms with Crippen molar-refractivity contribution in [2.24, 2.45) is 4.99 Å². The topological polar surface area (TPSA) is 58.5 Å². The Bertz CT molecular complexity index is 208. The standard InChI is InChI=1S/C9H14N2O2/c12-7-6-10-9(13)11-8-4-2-1-3-5-8/h6-8H,1-5H2,(H,11,13)/b10-6+. The molecule has 1 aliphatic rings. The molecule has 0 bridgehead atoms. The van der Waals surface area contributed by atoms with Gasteiger partial charge in [-0.05, 0) is 12.8 Å². The third-order valence-electron chi connectivity index (χ3n) is 2.19. The molecule has 0 unspecified atom stereocenters. The summed E-state index contributed by atoms with van der Waals surface area (Å²) >= 11 is 0. The van der Waals surface area contributed by atoms with Crippen LogP contribution in [-0.2, 0) is 4.79 Å². The van der Waals surface area contributed by atoms with Crippen molar-refractivity contribution < 1.29 is 9.59 Å². The minimum Gasteiger partial charge on any atom is -0.334 e. The monoisotopic (exact) mass is 182 g/mol. The normalized spacial score (nSPS) is 18.8. The van der Waals surface area contributed by atoms with Gasteiger partial charge >= 0.3 is 6.03 Å².